The Kier molecular flexibility index (Phi) is 6.04. The van der Waals surface area contributed by atoms with E-state index in [-0.39, 0.29) is 5.82 Å². The molecule has 1 atom stereocenters. The van der Waals surface area contributed by atoms with Crippen LogP contribution in [0.15, 0.2) is 22.7 Å². The van der Waals surface area contributed by atoms with Crippen molar-refractivity contribution in [2.45, 2.75) is 45.3 Å². The molecule has 2 heterocycles. The van der Waals surface area contributed by atoms with Gasteiger partial charge < -0.3 is 4.52 Å². The minimum Gasteiger partial charge on any atom is -0.340 e. The third-order valence-electron chi connectivity index (χ3n) is 4.82. The lowest BCUT2D eigenvalue weighted by atomic mass is 10.1. The molecule has 136 valence electrons. The number of benzene rings is 1. The van der Waals surface area contributed by atoms with Crippen LogP contribution in [-0.4, -0.2) is 46.1 Å². The summed E-state index contributed by atoms with van der Waals surface area (Å²) in [5.74, 6) is 1.09. The molecule has 0 N–H and O–H groups in total. The molecule has 25 heavy (non-hydrogen) atoms. The van der Waals surface area contributed by atoms with Crippen LogP contribution < -0.4 is 0 Å². The SMILES string of the molecule is Cc1nc(CN(C)C2CCCN(Cc3c(F)cccc3Cl)CC2)no1. The summed E-state index contributed by atoms with van der Waals surface area (Å²) in [5.41, 5.74) is 0.596. The van der Waals surface area contributed by atoms with Crippen molar-refractivity contribution in [1.29, 1.82) is 0 Å². The largest absolute Gasteiger partial charge is 0.340 e. The highest BCUT2D eigenvalue weighted by atomic mass is 35.5. The first-order valence-electron chi connectivity index (χ1n) is 8.67. The Morgan fingerprint density at radius 1 is 1.36 bits per heavy atom. The van der Waals surface area contributed by atoms with E-state index in [1.54, 1.807) is 19.1 Å². The molecular formula is C18H24ClFN4O. The standard InChI is InChI=1S/C18H24ClFN4O/c1-13-21-18(22-25-13)12-23(2)14-5-4-9-24(10-8-14)11-15-16(19)6-3-7-17(15)20/h3,6-7,14H,4-5,8-12H2,1-2H3. The van der Waals surface area contributed by atoms with Gasteiger partial charge in [-0.1, -0.05) is 22.8 Å². The Labute approximate surface area is 152 Å². The molecule has 1 fully saturated rings. The predicted molar refractivity (Wildman–Crippen MR) is 94.8 cm³/mol. The summed E-state index contributed by atoms with van der Waals surface area (Å²) in [5, 5.41) is 4.47. The van der Waals surface area contributed by atoms with E-state index in [1.165, 1.54) is 6.07 Å². The number of rotatable bonds is 5. The first-order chi connectivity index (χ1) is 12.0. The second-order valence-electron chi connectivity index (χ2n) is 6.71. The van der Waals surface area contributed by atoms with Crippen molar-refractivity contribution in [1.82, 2.24) is 19.9 Å². The van der Waals surface area contributed by atoms with Gasteiger partial charge in [0.05, 0.1) is 6.54 Å². The van der Waals surface area contributed by atoms with Crippen LogP contribution in [-0.2, 0) is 13.1 Å². The highest BCUT2D eigenvalue weighted by molar-refractivity contribution is 6.31. The molecule has 1 unspecified atom stereocenters. The van der Waals surface area contributed by atoms with Crippen LogP contribution in [0.4, 0.5) is 4.39 Å². The van der Waals surface area contributed by atoms with Crippen LogP contribution >= 0.6 is 11.6 Å². The summed E-state index contributed by atoms with van der Waals surface area (Å²) >= 11 is 6.16. The van der Waals surface area contributed by atoms with Crippen molar-refractivity contribution in [3.63, 3.8) is 0 Å². The zero-order chi connectivity index (χ0) is 17.8. The average molecular weight is 367 g/mol. The minimum absolute atomic E-state index is 0.224. The lowest BCUT2D eigenvalue weighted by Crippen LogP contribution is -2.33. The van der Waals surface area contributed by atoms with E-state index >= 15 is 0 Å². The minimum atomic E-state index is -0.224. The zero-order valence-corrected chi connectivity index (χ0v) is 15.5. The molecule has 0 saturated carbocycles. The van der Waals surface area contributed by atoms with Gasteiger partial charge in [-0.15, -0.1) is 0 Å². The summed E-state index contributed by atoms with van der Waals surface area (Å²) in [4.78, 5) is 8.84. The summed E-state index contributed by atoms with van der Waals surface area (Å²) in [6.45, 7) is 4.92. The van der Waals surface area contributed by atoms with Crippen LogP contribution in [0, 0.1) is 12.7 Å². The van der Waals surface area contributed by atoms with Gasteiger partial charge in [0.15, 0.2) is 5.82 Å². The van der Waals surface area contributed by atoms with Crippen LogP contribution in [0.5, 0.6) is 0 Å². The van der Waals surface area contributed by atoms with Crippen molar-refractivity contribution in [2.75, 3.05) is 20.1 Å². The fourth-order valence-corrected chi connectivity index (χ4v) is 3.62. The maximum absolute atomic E-state index is 14.0. The Hall–Kier alpha value is -1.50. The molecule has 0 aliphatic carbocycles. The molecule has 0 amide bonds. The second-order valence-corrected chi connectivity index (χ2v) is 7.11. The quantitative estimate of drug-likeness (QED) is 0.808. The maximum Gasteiger partial charge on any atom is 0.223 e. The van der Waals surface area contributed by atoms with Crippen molar-refractivity contribution >= 4 is 11.6 Å². The van der Waals surface area contributed by atoms with Gasteiger partial charge in [-0.25, -0.2) is 4.39 Å². The molecule has 0 bridgehead atoms. The molecule has 1 saturated heterocycles. The zero-order valence-electron chi connectivity index (χ0n) is 14.7. The van der Waals surface area contributed by atoms with E-state index in [4.69, 9.17) is 16.1 Å². The molecule has 1 aliphatic rings. The lowest BCUT2D eigenvalue weighted by Gasteiger charge is -2.26. The normalized spacial score (nSPS) is 19.3. The Morgan fingerprint density at radius 3 is 2.92 bits per heavy atom. The van der Waals surface area contributed by atoms with Crippen molar-refractivity contribution in [3.8, 4) is 0 Å². The van der Waals surface area contributed by atoms with Gasteiger partial charge in [0, 0.05) is 30.1 Å². The number of halogens is 2. The molecule has 5 nitrogen and oxygen atoms in total. The number of aryl methyl sites for hydroxylation is 1. The van der Waals surface area contributed by atoms with Crippen molar-refractivity contribution in [2.24, 2.45) is 0 Å². The highest BCUT2D eigenvalue weighted by Crippen LogP contribution is 2.23. The maximum atomic E-state index is 14.0. The highest BCUT2D eigenvalue weighted by Gasteiger charge is 2.22. The fourth-order valence-electron chi connectivity index (χ4n) is 3.40. The van der Waals surface area contributed by atoms with E-state index in [0.29, 0.717) is 35.6 Å². The number of nitrogens with zero attached hydrogens (tertiary/aromatic N) is 4. The summed E-state index contributed by atoms with van der Waals surface area (Å²) in [6, 6.07) is 5.33. The van der Waals surface area contributed by atoms with Crippen LogP contribution in [0.2, 0.25) is 5.02 Å². The van der Waals surface area contributed by atoms with E-state index in [1.807, 2.05) is 0 Å². The van der Waals surface area contributed by atoms with Crippen LogP contribution in [0.1, 0.15) is 36.5 Å². The van der Waals surface area contributed by atoms with E-state index in [0.717, 1.165) is 38.2 Å². The molecular weight excluding hydrogens is 343 g/mol. The fraction of sp³-hybridized carbons (Fsp3) is 0.556. The van der Waals surface area contributed by atoms with Gasteiger partial charge in [-0.05, 0) is 51.5 Å². The third kappa shape index (κ3) is 4.77. The van der Waals surface area contributed by atoms with Crippen molar-refractivity contribution in [3.05, 3.63) is 46.3 Å². The van der Waals surface area contributed by atoms with Gasteiger partial charge in [-0.3, -0.25) is 9.80 Å². The molecule has 3 rings (SSSR count). The number of hydrogen-bond acceptors (Lipinski definition) is 5. The molecule has 7 heteroatoms. The van der Waals surface area contributed by atoms with Gasteiger partial charge in [0.2, 0.25) is 5.89 Å². The molecule has 1 aromatic carbocycles. The summed E-state index contributed by atoms with van der Waals surface area (Å²) < 4.78 is 19.1. The van der Waals surface area contributed by atoms with E-state index in [2.05, 4.69) is 27.0 Å². The lowest BCUT2D eigenvalue weighted by molar-refractivity contribution is 0.200. The number of hydrogen-bond donors (Lipinski definition) is 0. The van der Waals surface area contributed by atoms with Crippen LogP contribution in [0.25, 0.3) is 0 Å². The first kappa shape index (κ1) is 18.3. The topological polar surface area (TPSA) is 45.4 Å². The molecule has 1 aliphatic heterocycles. The second kappa shape index (κ2) is 8.25. The Bertz CT molecular complexity index is 688. The molecule has 0 spiro atoms. The van der Waals surface area contributed by atoms with E-state index in [9.17, 15) is 4.39 Å². The Balaban J connectivity index is 1.56. The smallest absolute Gasteiger partial charge is 0.223 e. The summed E-state index contributed by atoms with van der Waals surface area (Å²) in [6.07, 6.45) is 3.21. The van der Waals surface area contributed by atoms with Gasteiger partial charge in [0.25, 0.3) is 0 Å². The van der Waals surface area contributed by atoms with Crippen LogP contribution in [0.3, 0.4) is 0 Å². The number of aromatic nitrogens is 2. The predicted octanol–water partition coefficient (Wildman–Crippen LogP) is 3.66. The van der Waals surface area contributed by atoms with Gasteiger partial charge in [0.1, 0.15) is 5.82 Å². The average Bonchev–Trinajstić information content (AvgIpc) is 2.83. The van der Waals surface area contributed by atoms with Crippen molar-refractivity contribution < 1.29 is 8.91 Å². The Morgan fingerprint density at radius 2 is 2.20 bits per heavy atom. The monoisotopic (exact) mass is 366 g/mol. The molecule has 2 aromatic rings. The van der Waals surface area contributed by atoms with Gasteiger partial charge in [-0.2, -0.15) is 4.98 Å². The molecule has 1 aromatic heterocycles. The molecule has 0 radical (unpaired) electrons. The van der Waals surface area contributed by atoms with E-state index < -0.39 is 0 Å². The van der Waals surface area contributed by atoms with Gasteiger partial charge >= 0.3 is 0 Å². The third-order valence-corrected chi connectivity index (χ3v) is 5.17. The number of likely N-dealkylation sites (tertiary alicyclic amines) is 1. The first-order valence-corrected chi connectivity index (χ1v) is 9.05. The summed E-state index contributed by atoms with van der Waals surface area (Å²) in [7, 11) is 2.10.